The van der Waals surface area contributed by atoms with Crippen molar-refractivity contribution in [2.75, 3.05) is 0 Å². The lowest BCUT2D eigenvalue weighted by atomic mass is 10.2. The number of aromatic nitrogens is 1. The van der Waals surface area contributed by atoms with Crippen molar-refractivity contribution in [2.45, 2.75) is 6.43 Å². The summed E-state index contributed by atoms with van der Waals surface area (Å²) >= 11 is 1.31. The molecule has 9 heteroatoms. The number of hydrogen-bond acceptors (Lipinski definition) is 4. The number of nitro groups is 1. The van der Waals surface area contributed by atoms with Gasteiger partial charge < -0.3 is 5.11 Å². The Labute approximate surface area is 101 Å². The highest BCUT2D eigenvalue weighted by Crippen LogP contribution is 2.33. The fourth-order valence-electron chi connectivity index (χ4n) is 0.985. The van der Waals surface area contributed by atoms with Gasteiger partial charge in [-0.1, -0.05) is 0 Å². The highest BCUT2D eigenvalue weighted by atomic mass is 127. The van der Waals surface area contributed by atoms with Crippen LogP contribution in [0.4, 0.5) is 14.5 Å². The van der Waals surface area contributed by atoms with Gasteiger partial charge in [0.05, 0.1) is 4.92 Å². The van der Waals surface area contributed by atoms with Gasteiger partial charge in [-0.2, -0.15) is 0 Å². The minimum atomic E-state index is -3.08. The average molecular weight is 344 g/mol. The zero-order valence-electron chi connectivity index (χ0n) is 7.35. The van der Waals surface area contributed by atoms with Crippen LogP contribution in [0, 0.1) is 13.7 Å². The number of aromatic carboxylic acids is 1. The molecule has 1 aromatic heterocycles. The summed E-state index contributed by atoms with van der Waals surface area (Å²) in [6.07, 6.45) is -2.57. The Morgan fingerprint density at radius 1 is 1.62 bits per heavy atom. The molecule has 0 fully saturated rings. The molecule has 0 radical (unpaired) electrons. The second-order valence-corrected chi connectivity index (χ2v) is 3.67. The van der Waals surface area contributed by atoms with E-state index in [0.29, 0.717) is 6.20 Å². The molecule has 6 nitrogen and oxygen atoms in total. The Bertz CT molecular complexity index is 466. The van der Waals surface area contributed by atoms with Crippen molar-refractivity contribution in [2.24, 2.45) is 0 Å². The van der Waals surface area contributed by atoms with Crippen LogP contribution >= 0.6 is 22.6 Å². The van der Waals surface area contributed by atoms with Gasteiger partial charge in [0.15, 0.2) is 5.69 Å². The highest BCUT2D eigenvalue weighted by molar-refractivity contribution is 14.1. The lowest BCUT2D eigenvalue weighted by molar-refractivity contribution is -0.387. The van der Waals surface area contributed by atoms with E-state index in [2.05, 4.69) is 4.98 Å². The van der Waals surface area contributed by atoms with Crippen molar-refractivity contribution in [3.8, 4) is 0 Å². The van der Waals surface area contributed by atoms with Crippen molar-refractivity contribution >= 4 is 34.2 Å². The van der Waals surface area contributed by atoms with Crippen LogP contribution < -0.4 is 0 Å². The highest BCUT2D eigenvalue weighted by Gasteiger charge is 2.29. The fraction of sp³-hybridized carbons (Fsp3) is 0.143. The molecule has 1 heterocycles. The summed E-state index contributed by atoms with van der Waals surface area (Å²) in [6.45, 7) is 0. The maximum atomic E-state index is 12.4. The van der Waals surface area contributed by atoms with E-state index in [1.807, 2.05) is 0 Å². The zero-order valence-corrected chi connectivity index (χ0v) is 9.51. The molecule has 0 saturated carbocycles. The minimum Gasteiger partial charge on any atom is -0.476 e. The van der Waals surface area contributed by atoms with Crippen LogP contribution in [0.3, 0.4) is 0 Å². The number of nitrogens with zero attached hydrogens (tertiary/aromatic N) is 2. The predicted molar refractivity (Wildman–Crippen MR) is 55.5 cm³/mol. The summed E-state index contributed by atoms with van der Waals surface area (Å²) in [5, 5.41) is 19.2. The molecule has 0 unspecified atom stereocenters. The number of carboxylic acids is 1. The van der Waals surface area contributed by atoms with E-state index < -0.39 is 37.8 Å². The van der Waals surface area contributed by atoms with Gasteiger partial charge in [-0.15, -0.1) is 0 Å². The number of carboxylic acid groups (broad SMARTS) is 1. The number of carbonyl (C=O) groups is 1. The first-order chi connectivity index (χ1) is 7.36. The molecule has 1 aromatic rings. The molecule has 0 atom stereocenters. The van der Waals surface area contributed by atoms with Crippen LogP contribution in [0.15, 0.2) is 6.20 Å². The Kier molecular flexibility index (Phi) is 3.67. The summed E-state index contributed by atoms with van der Waals surface area (Å²) in [5.74, 6) is -1.51. The Morgan fingerprint density at radius 2 is 2.19 bits per heavy atom. The largest absolute Gasteiger partial charge is 0.476 e. The van der Waals surface area contributed by atoms with Crippen LogP contribution in [0.25, 0.3) is 0 Å². The van der Waals surface area contributed by atoms with Crippen LogP contribution in [-0.2, 0) is 0 Å². The molecule has 1 rings (SSSR count). The molecular weight excluding hydrogens is 341 g/mol. The number of halogens is 3. The molecule has 0 spiro atoms. The molecule has 0 aliphatic carbocycles. The second-order valence-electron chi connectivity index (χ2n) is 2.59. The van der Waals surface area contributed by atoms with Crippen molar-refractivity contribution in [3.05, 3.63) is 31.1 Å². The van der Waals surface area contributed by atoms with Gasteiger partial charge in [0.1, 0.15) is 9.13 Å². The quantitative estimate of drug-likeness (QED) is 0.516. The van der Waals surface area contributed by atoms with Crippen LogP contribution in [0.1, 0.15) is 22.5 Å². The predicted octanol–water partition coefficient (Wildman–Crippen LogP) is 2.23. The first-order valence-electron chi connectivity index (χ1n) is 3.70. The molecular formula is C7H3F2IN2O4. The lowest BCUT2D eigenvalue weighted by Crippen LogP contribution is -2.09. The fourth-order valence-corrected chi connectivity index (χ4v) is 1.86. The van der Waals surface area contributed by atoms with Gasteiger partial charge >= 0.3 is 5.97 Å². The topological polar surface area (TPSA) is 93.3 Å². The molecule has 16 heavy (non-hydrogen) atoms. The van der Waals surface area contributed by atoms with Crippen LogP contribution in [0.5, 0.6) is 0 Å². The molecule has 0 bridgehead atoms. The van der Waals surface area contributed by atoms with Gasteiger partial charge in [-0.25, -0.2) is 18.6 Å². The third-order valence-electron chi connectivity index (χ3n) is 1.64. The van der Waals surface area contributed by atoms with E-state index >= 15 is 0 Å². The maximum Gasteiger partial charge on any atom is 0.355 e. The van der Waals surface area contributed by atoms with E-state index in [9.17, 15) is 23.7 Å². The second kappa shape index (κ2) is 4.63. The van der Waals surface area contributed by atoms with Crippen molar-refractivity contribution < 1.29 is 23.6 Å². The molecule has 0 aliphatic rings. The SMILES string of the molecule is O=C(O)c1ncc(C(F)F)c([N+](=O)[O-])c1I. The molecule has 0 saturated heterocycles. The Morgan fingerprint density at radius 3 is 2.56 bits per heavy atom. The molecule has 86 valence electrons. The Balaban J connectivity index is 3.54. The molecule has 0 aliphatic heterocycles. The number of rotatable bonds is 3. The zero-order chi connectivity index (χ0) is 12.5. The maximum absolute atomic E-state index is 12.4. The number of pyridine rings is 1. The minimum absolute atomic E-state index is 0.409. The number of hydrogen-bond donors (Lipinski definition) is 1. The third-order valence-corrected chi connectivity index (χ3v) is 2.66. The van der Waals surface area contributed by atoms with Gasteiger partial charge in [0.2, 0.25) is 0 Å². The lowest BCUT2D eigenvalue weighted by Gasteiger charge is -2.04. The first-order valence-corrected chi connectivity index (χ1v) is 4.78. The summed E-state index contributed by atoms with van der Waals surface area (Å²) in [5.41, 5.74) is -2.42. The van der Waals surface area contributed by atoms with Crippen molar-refractivity contribution in [1.29, 1.82) is 0 Å². The van der Waals surface area contributed by atoms with Gasteiger partial charge in [-0.05, 0) is 22.6 Å². The normalized spacial score (nSPS) is 10.5. The van der Waals surface area contributed by atoms with E-state index in [-0.39, 0.29) is 0 Å². The van der Waals surface area contributed by atoms with Crippen LogP contribution in [0.2, 0.25) is 0 Å². The molecule has 0 aromatic carbocycles. The average Bonchev–Trinajstić information content (AvgIpc) is 2.15. The summed E-state index contributed by atoms with van der Waals surface area (Å²) in [4.78, 5) is 23.4. The Hall–Kier alpha value is -1.39. The van der Waals surface area contributed by atoms with Crippen molar-refractivity contribution in [1.82, 2.24) is 4.98 Å². The van der Waals surface area contributed by atoms with E-state index in [1.54, 1.807) is 0 Å². The van der Waals surface area contributed by atoms with E-state index in [4.69, 9.17) is 5.11 Å². The van der Waals surface area contributed by atoms with E-state index in [1.165, 1.54) is 22.6 Å². The number of alkyl halides is 2. The van der Waals surface area contributed by atoms with Crippen LogP contribution in [-0.4, -0.2) is 21.0 Å². The van der Waals surface area contributed by atoms with E-state index in [0.717, 1.165) is 0 Å². The summed E-state index contributed by atoms with van der Waals surface area (Å²) in [6, 6.07) is 0. The summed E-state index contributed by atoms with van der Waals surface area (Å²) in [7, 11) is 0. The smallest absolute Gasteiger partial charge is 0.355 e. The summed E-state index contributed by atoms with van der Waals surface area (Å²) < 4.78 is 24.4. The molecule has 1 N–H and O–H groups in total. The monoisotopic (exact) mass is 344 g/mol. The first kappa shape index (κ1) is 12.7. The third kappa shape index (κ3) is 2.23. The van der Waals surface area contributed by atoms with Gasteiger partial charge in [0.25, 0.3) is 12.1 Å². The molecule has 0 amide bonds. The van der Waals surface area contributed by atoms with Crippen molar-refractivity contribution in [3.63, 3.8) is 0 Å². The van der Waals surface area contributed by atoms with Gasteiger partial charge in [-0.3, -0.25) is 10.1 Å². The van der Waals surface area contributed by atoms with Gasteiger partial charge in [0, 0.05) is 6.20 Å². The standard InChI is InChI=1S/C7H3F2IN2O4/c8-6(9)2-1-11-4(7(13)14)3(10)5(2)12(15)16/h1,6H,(H,13,14).